The molecule has 0 aliphatic carbocycles. The number of rotatable bonds is 6. The predicted octanol–water partition coefficient (Wildman–Crippen LogP) is 4.75. The summed E-state index contributed by atoms with van der Waals surface area (Å²) in [6.07, 6.45) is 3.72. The number of nitrogens with zero attached hydrogens (tertiary/aromatic N) is 5. The SMILES string of the molecule is CCN(CC)c1ccc(Nc2nc(-c3c(C)nc4ncccn34)cs2)cc1. The second-order valence-corrected chi connectivity index (χ2v) is 7.08. The zero-order valence-electron chi connectivity index (χ0n) is 15.7. The average molecular weight is 379 g/mol. The van der Waals surface area contributed by atoms with Crippen molar-refractivity contribution in [1.29, 1.82) is 0 Å². The molecular weight excluding hydrogens is 356 g/mol. The van der Waals surface area contributed by atoms with Gasteiger partial charge in [-0.05, 0) is 51.1 Å². The van der Waals surface area contributed by atoms with Crippen molar-refractivity contribution in [2.24, 2.45) is 0 Å². The standard InChI is InChI=1S/C20H22N6S/c1-4-25(5-2)16-9-7-15(8-10-16)23-20-24-17(13-27-20)18-14(3)22-19-21-11-6-12-26(18)19/h6-13H,4-5H2,1-3H3,(H,23,24). The third-order valence-corrected chi connectivity index (χ3v) is 5.33. The van der Waals surface area contributed by atoms with Gasteiger partial charge in [0, 0.05) is 42.2 Å². The Balaban J connectivity index is 1.57. The van der Waals surface area contributed by atoms with Gasteiger partial charge in [-0.1, -0.05) is 0 Å². The van der Waals surface area contributed by atoms with Crippen LogP contribution in [0.25, 0.3) is 17.2 Å². The second-order valence-electron chi connectivity index (χ2n) is 6.22. The number of anilines is 3. The van der Waals surface area contributed by atoms with Crippen molar-refractivity contribution < 1.29 is 0 Å². The summed E-state index contributed by atoms with van der Waals surface area (Å²) in [5, 5.41) is 6.31. The van der Waals surface area contributed by atoms with Crippen LogP contribution in [0.5, 0.6) is 0 Å². The van der Waals surface area contributed by atoms with Gasteiger partial charge >= 0.3 is 0 Å². The van der Waals surface area contributed by atoms with Gasteiger partial charge in [0.1, 0.15) is 5.69 Å². The first kappa shape index (κ1) is 17.5. The predicted molar refractivity (Wildman–Crippen MR) is 112 cm³/mol. The number of aryl methyl sites for hydroxylation is 1. The van der Waals surface area contributed by atoms with E-state index in [1.165, 1.54) is 5.69 Å². The smallest absolute Gasteiger partial charge is 0.234 e. The molecule has 0 spiro atoms. The number of hydrogen-bond acceptors (Lipinski definition) is 6. The van der Waals surface area contributed by atoms with Crippen molar-refractivity contribution in [3.63, 3.8) is 0 Å². The van der Waals surface area contributed by atoms with Gasteiger partial charge in [-0.15, -0.1) is 11.3 Å². The number of nitrogens with one attached hydrogen (secondary N) is 1. The molecule has 0 fully saturated rings. The van der Waals surface area contributed by atoms with Gasteiger partial charge in [0.2, 0.25) is 5.78 Å². The van der Waals surface area contributed by atoms with E-state index in [1.807, 2.05) is 23.6 Å². The first-order chi connectivity index (χ1) is 13.2. The van der Waals surface area contributed by atoms with Gasteiger partial charge in [-0.2, -0.15) is 0 Å². The highest BCUT2D eigenvalue weighted by Crippen LogP contribution is 2.30. The molecule has 3 heterocycles. The Morgan fingerprint density at radius 1 is 1.11 bits per heavy atom. The van der Waals surface area contributed by atoms with E-state index >= 15 is 0 Å². The molecule has 0 aliphatic heterocycles. The molecule has 0 saturated heterocycles. The molecule has 0 atom stereocenters. The first-order valence-electron chi connectivity index (χ1n) is 9.07. The molecule has 0 radical (unpaired) electrons. The third kappa shape index (κ3) is 3.38. The van der Waals surface area contributed by atoms with Crippen molar-refractivity contribution in [1.82, 2.24) is 19.4 Å². The van der Waals surface area contributed by atoms with Gasteiger partial charge in [-0.25, -0.2) is 15.0 Å². The van der Waals surface area contributed by atoms with Gasteiger partial charge < -0.3 is 10.2 Å². The average Bonchev–Trinajstić information content (AvgIpc) is 3.27. The maximum absolute atomic E-state index is 4.76. The molecule has 7 heteroatoms. The van der Waals surface area contributed by atoms with Crippen molar-refractivity contribution in [3.05, 3.63) is 53.8 Å². The Kier molecular flexibility index (Phi) is 4.77. The normalized spacial score (nSPS) is 11.1. The molecule has 0 amide bonds. The van der Waals surface area contributed by atoms with Crippen molar-refractivity contribution in [2.75, 3.05) is 23.3 Å². The largest absolute Gasteiger partial charge is 0.372 e. The highest BCUT2D eigenvalue weighted by Gasteiger charge is 2.14. The fourth-order valence-electron chi connectivity index (χ4n) is 3.21. The number of hydrogen-bond donors (Lipinski definition) is 1. The molecule has 4 aromatic rings. The molecule has 3 aromatic heterocycles. The lowest BCUT2D eigenvalue weighted by atomic mass is 10.2. The van der Waals surface area contributed by atoms with E-state index in [-0.39, 0.29) is 0 Å². The van der Waals surface area contributed by atoms with Crippen molar-refractivity contribution >= 4 is 33.6 Å². The quantitative estimate of drug-likeness (QED) is 0.525. The molecule has 0 bridgehead atoms. The van der Waals surface area contributed by atoms with Crippen molar-refractivity contribution in [3.8, 4) is 11.4 Å². The lowest BCUT2D eigenvalue weighted by Gasteiger charge is -2.21. The fraction of sp³-hybridized carbons (Fsp3) is 0.250. The molecule has 0 unspecified atom stereocenters. The van der Waals surface area contributed by atoms with E-state index in [0.717, 1.165) is 41.0 Å². The van der Waals surface area contributed by atoms with Crippen LogP contribution in [0.1, 0.15) is 19.5 Å². The van der Waals surface area contributed by atoms with Crippen LogP contribution in [0.4, 0.5) is 16.5 Å². The minimum absolute atomic E-state index is 0.694. The molecular formula is C20H22N6S. The van der Waals surface area contributed by atoms with E-state index in [4.69, 9.17) is 4.98 Å². The number of aromatic nitrogens is 4. The number of thiazole rings is 1. The van der Waals surface area contributed by atoms with Crippen LogP contribution < -0.4 is 10.2 Å². The van der Waals surface area contributed by atoms with E-state index in [0.29, 0.717) is 5.78 Å². The van der Waals surface area contributed by atoms with Gasteiger partial charge in [0.05, 0.1) is 11.4 Å². The summed E-state index contributed by atoms with van der Waals surface area (Å²) in [5.74, 6) is 0.694. The lowest BCUT2D eigenvalue weighted by Crippen LogP contribution is -2.21. The molecule has 138 valence electrons. The minimum Gasteiger partial charge on any atom is -0.372 e. The van der Waals surface area contributed by atoms with Crippen molar-refractivity contribution in [2.45, 2.75) is 20.8 Å². The summed E-state index contributed by atoms with van der Waals surface area (Å²) in [6.45, 7) is 8.34. The Morgan fingerprint density at radius 3 is 2.63 bits per heavy atom. The number of imidazole rings is 1. The van der Waals surface area contributed by atoms with Gasteiger partial charge in [-0.3, -0.25) is 4.40 Å². The summed E-state index contributed by atoms with van der Waals surface area (Å²) in [5.41, 5.74) is 5.08. The summed E-state index contributed by atoms with van der Waals surface area (Å²) in [7, 11) is 0. The molecule has 1 aromatic carbocycles. The fourth-order valence-corrected chi connectivity index (χ4v) is 3.93. The van der Waals surface area contributed by atoms with Crippen LogP contribution in [-0.2, 0) is 0 Å². The van der Waals surface area contributed by atoms with E-state index in [1.54, 1.807) is 17.5 Å². The van der Waals surface area contributed by atoms with Crippen LogP contribution in [0, 0.1) is 6.92 Å². The summed E-state index contributed by atoms with van der Waals surface area (Å²) in [6, 6.07) is 10.4. The maximum atomic E-state index is 4.76. The van der Waals surface area contributed by atoms with Crippen LogP contribution in [0.2, 0.25) is 0 Å². The third-order valence-electron chi connectivity index (χ3n) is 4.57. The Labute approximate surface area is 162 Å². The second kappa shape index (κ2) is 7.36. The lowest BCUT2D eigenvalue weighted by molar-refractivity contribution is 0.866. The first-order valence-corrected chi connectivity index (χ1v) is 9.95. The Bertz CT molecular complexity index is 1050. The van der Waals surface area contributed by atoms with Crippen LogP contribution in [0.3, 0.4) is 0 Å². The zero-order valence-corrected chi connectivity index (χ0v) is 16.5. The maximum Gasteiger partial charge on any atom is 0.234 e. The van der Waals surface area contributed by atoms with Gasteiger partial charge in [0.15, 0.2) is 5.13 Å². The Hall–Kier alpha value is -2.93. The summed E-state index contributed by atoms with van der Waals surface area (Å²) >= 11 is 1.59. The van der Waals surface area contributed by atoms with Crippen LogP contribution in [0.15, 0.2) is 48.1 Å². The highest BCUT2D eigenvalue weighted by molar-refractivity contribution is 7.14. The summed E-state index contributed by atoms with van der Waals surface area (Å²) < 4.78 is 1.98. The van der Waals surface area contributed by atoms with E-state index < -0.39 is 0 Å². The van der Waals surface area contributed by atoms with Crippen LogP contribution >= 0.6 is 11.3 Å². The topological polar surface area (TPSA) is 58.3 Å². The van der Waals surface area contributed by atoms with Gasteiger partial charge in [0.25, 0.3) is 0 Å². The molecule has 1 N–H and O–H groups in total. The molecule has 27 heavy (non-hydrogen) atoms. The molecule has 0 aliphatic rings. The highest BCUT2D eigenvalue weighted by atomic mass is 32.1. The zero-order chi connectivity index (χ0) is 18.8. The number of fused-ring (bicyclic) bond motifs is 1. The van der Waals surface area contributed by atoms with E-state index in [9.17, 15) is 0 Å². The Morgan fingerprint density at radius 2 is 1.89 bits per heavy atom. The molecule has 0 saturated carbocycles. The molecule has 6 nitrogen and oxygen atoms in total. The van der Waals surface area contributed by atoms with Crippen LogP contribution in [-0.4, -0.2) is 32.4 Å². The number of benzene rings is 1. The summed E-state index contributed by atoms with van der Waals surface area (Å²) in [4.78, 5) is 15.9. The monoisotopic (exact) mass is 378 g/mol. The molecule has 4 rings (SSSR count). The van der Waals surface area contributed by atoms with E-state index in [2.05, 4.69) is 63.7 Å². The minimum atomic E-state index is 0.694.